The highest BCUT2D eigenvalue weighted by molar-refractivity contribution is 4.75. The zero-order chi connectivity index (χ0) is 14.3. The summed E-state index contributed by atoms with van der Waals surface area (Å²) in [7, 11) is 4.50. The van der Waals surface area contributed by atoms with E-state index in [0.717, 1.165) is 18.4 Å². The van der Waals surface area contributed by atoms with Crippen LogP contribution in [0.4, 0.5) is 0 Å². The predicted octanol–water partition coefficient (Wildman–Crippen LogP) is 2.28. The average molecular weight is 269 g/mol. The summed E-state index contributed by atoms with van der Waals surface area (Å²) >= 11 is 0. The first kappa shape index (κ1) is 16.9. The molecule has 1 rings (SSSR count). The Morgan fingerprint density at radius 3 is 2.58 bits per heavy atom. The van der Waals surface area contributed by atoms with Crippen molar-refractivity contribution in [2.45, 2.75) is 46.1 Å². The van der Waals surface area contributed by atoms with Crippen LogP contribution >= 0.6 is 0 Å². The molecule has 0 aliphatic carbocycles. The summed E-state index contributed by atoms with van der Waals surface area (Å²) < 4.78 is 0. The lowest BCUT2D eigenvalue weighted by Crippen LogP contribution is -2.36. The number of rotatable bonds is 9. The maximum absolute atomic E-state index is 3.65. The van der Waals surface area contributed by atoms with Crippen LogP contribution in [-0.4, -0.2) is 62.7 Å². The number of nitrogens with zero attached hydrogens (tertiary/aromatic N) is 2. The van der Waals surface area contributed by atoms with E-state index in [1.807, 2.05) is 0 Å². The zero-order valence-corrected chi connectivity index (χ0v) is 13.8. The number of hydrogen-bond acceptors (Lipinski definition) is 3. The van der Waals surface area contributed by atoms with Crippen molar-refractivity contribution in [2.24, 2.45) is 11.8 Å². The van der Waals surface area contributed by atoms with Gasteiger partial charge < -0.3 is 15.1 Å². The highest BCUT2D eigenvalue weighted by atomic mass is 15.2. The number of hydrogen-bond donors (Lipinski definition) is 1. The topological polar surface area (TPSA) is 18.5 Å². The van der Waals surface area contributed by atoms with E-state index in [1.165, 1.54) is 45.4 Å². The van der Waals surface area contributed by atoms with Gasteiger partial charge in [0.05, 0.1) is 0 Å². The molecule has 0 radical (unpaired) electrons. The molecule has 1 N–H and O–H groups in total. The Bertz CT molecular complexity index is 230. The van der Waals surface area contributed by atoms with Crippen LogP contribution in [0.25, 0.3) is 0 Å². The third-order valence-electron chi connectivity index (χ3n) is 4.22. The Labute approximate surface area is 120 Å². The van der Waals surface area contributed by atoms with Crippen molar-refractivity contribution in [3.05, 3.63) is 0 Å². The van der Waals surface area contributed by atoms with Crippen LogP contribution < -0.4 is 5.32 Å². The fraction of sp³-hybridized carbons (Fsp3) is 1.00. The molecular formula is C16H35N3. The number of likely N-dealkylation sites (tertiary alicyclic amines) is 1. The van der Waals surface area contributed by atoms with Gasteiger partial charge in [0.1, 0.15) is 0 Å². The predicted molar refractivity (Wildman–Crippen MR) is 84.6 cm³/mol. The van der Waals surface area contributed by atoms with E-state index < -0.39 is 0 Å². The number of likely N-dealkylation sites (N-methyl/N-ethyl adjacent to an activating group) is 1. The van der Waals surface area contributed by atoms with Gasteiger partial charge in [-0.2, -0.15) is 0 Å². The molecule has 1 fully saturated rings. The molecule has 0 amide bonds. The summed E-state index contributed by atoms with van der Waals surface area (Å²) in [5.41, 5.74) is 0. The summed E-state index contributed by atoms with van der Waals surface area (Å²) in [6, 6.07) is 0.661. The smallest absolute Gasteiger partial charge is 0.0104 e. The maximum atomic E-state index is 3.65. The lowest BCUT2D eigenvalue weighted by Gasteiger charge is -2.22. The van der Waals surface area contributed by atoms with Crippen molar-refractivity contribution in [1.82, 2.24) is 15.1 Å². The summed E-state index contributed by atoms with van der Waals surface area (Å²) in [6.07, 6.45) is 4.01. The highest BCUT2D eigenvalue weighted by Crippen LogP contribution is 2.14. The minimum atomic E-state index is 0.661. The van der Waals surface area contributed by atoms with Crippen LogP contribution in [-0.2, 0) is 0 Å². The molecule has 3 nitrogen and oxygen atoms in total. The molecule has 0 aromatic rings. The van der Waals surface area contributed by atoms with E-state index in [2.05, 4.69) is 50.0 Å². The molecule has 1 aliphatic heterocycles. The van der Waals surface area contributed by atoms with Crippen molar-refractivity contribution in [1.29, 1.82) is 0 Å². The van der Waals surface area contributed by atoms with Gasteiger partial charge in [0.15, 0.2) is 0 Å². The SMILES string of the molecule is CC(C)CCC(C)NCCN(C)CC1CCN(C)C1. The van der Waals surface area contributed by atoms with E-state index in [-0.39, 0.29) is 0 Å². The van der Waals surface area contributed by atoms with Crippen LogP contribution in [0.15, 0.2) is 0 Å². The van der Waals surface area contributed by atoms with Crippen LogP contribution in [0.3, 0.4) is 0 Å². The van der Waals surface area contributed by atoms with Gasteiger partial charge in [-0.1, -0.05) is 13.8 Å². The minimum Gasteiger partial charge on any atom is -0.313 e. The van der Waals surface area contributed by atoms with Crippen LogP contribution in [0, 0.1) is 11.8 Å². The molecule has 3 heteroatoms. The lowest BCUT2D eigenvalue weighted by molar-refractivity contribution is 0.269. The second kappa shape index (κ2) is 8.93. The van der Waals surface area contributed by atoms with Crippen LogP contribution in [0.1, 0.15) is 40.0 Å². The molecular weight excluding hydrogens is 234 g/mol. The first-order chi connectivity index (χ1) is 8.97. The maximum Gasteiger partial charge on any atom is 0.0104 e. The fourth-order valence-corrected chi connectivity index (χ4v) is 2.89. The standard InChI is InChI=1S/C16H35N3/c1-14(2)6-7-15(3)17-9-11-19(5)13-16-8-10-18(4)12-16/h14-17H,6-13H2,1-5H3. The normalized spacial score (nSPS) is 22.6. The van der Waals surface area contributed by atoms with E-state index in [1.54, 1.807) is 0 Å². The monoisotopic (exact) mass is 269 g/mol. The second-order valence-corrected chi connectivity index (χ2v) is 7.01. The van der Waals surface area contributed by atoms with E-state index >= 15 is 0 Å². The summed E-state index contributed by atoms with van der Waals surface area (Å²) in [6.45, 7) is 13.0. The van der Waals surface area contributed by atoms with Gasteiger partial charge in [0.2, 0.25) is 0 Å². The highest BCUT2D eigenvalue weighted by Gasteiger charge is 2.20. The van der Waals surface area contributed by atoms with Crippen molar-refractivity contribution in [3.63, 3.8) is 0 Å². The van der Waals surface area contributed by atoms with Crippen molar-refractivity contribution in [2.75, 3.05) is 46.8 Å². The van der Waals surface area contributed by atoms with Crippen molar-refractivity contribution < 1.29 is 0 Å². The molecule has 0 aromatic heterocycles. The lowest BCUT2D eigenvalue weighted by atomic mass is 10.0. The Morgan fingerprint density at radius 2 is 2.00 bits per heavy atom. The molecule has 0 bridgehead atoms. The molecule has 2 unspecified atom stereocenters. The third kappa shape index (κ3) is 7.91. The zero-order valence-electron chi connectivity index (χ0n) is 13.8. The molecule has 2 atom stereocenters. The van der Waals surface area contributed by atoms with E-state index in [0.29, 0.717) is 6.04 Å². The Balaban J connectivity index is 2.02. The molecule has 19 heavy (non-hydrogen) atoms. The van der Waals surface area contributed by atoms with Crippen LogP contribution in [0.5, 0.6) is 0 Å². The molecule has 1 aliphatic rings. The summed E-state index contributed by atoms with van der Waals surface area (Å²) in [5, 5.41) is 3.65. The molecule has 1 heterocycles. The van der Waals surface area contributed by atoms with Gasteiger partial charge in [-0.05, 0) is 58.7 Å². The van der Waals surface area contributed by atoms with E-state index in [4.69, 9.17) is 0 Å². The Morgan fingerprint density at radius 1 is 1.26 bits per heavy atom. The van der Waals surface area contributed by atoms with Gasteiger partial charge in [-0.15, -0.1) is 0 Å². The summed E-state index contributed by atoms with van der Waals surface area (Å²) in [4.78, 5) is 4.94. The average Bonchev–Trinajstić information content (AvgIpc) is 2.72. The van der Waals surface area contributed by atoms with Gasteiger partial charge >= 0.3 is 0 Å². The number of nitrogens with one attached hydrogen (secondary N) is 1. The molecule has 0 aromatic carbocycles. The minimum absolute atomic E-state index is 0.661. The van der Waals surface area contributed by atoms with Crippen molar-refractivity contribution in [3.8, 4) is 0 Å². The fourth-order valence-electron chi connectivity index (χ4n) is 2.89. The van der Waals surface area contributed by atoms with Gasteiger partial charge in [0.25, 0.3) is 0 Å². The second-order valence-electron chi connectivity index (χ2n) is 7.01. The summed E-state index contributed by atoms with van der Waals surface area (Å²) in [5.74, 6) is 1.71. The quantitative estimate of drug-likeness (QED) is 0.693. The molecule has 1 saturated heterocycles. The molecule has 0 spiro atoms. The van der Waals surface area contributed by atoms with Gasteiger partial charge in [-0.25, -0.2) is 0 Å². The molecule has 114 valence electrons. The third-order valence-corrected chi connectivity index (χ3v) is 4.22. The first-order valence-corrected chi connectivity index (χ1v) is 8.07. The van der Waals surface area contributed by atoms with E-state index in [9.17, 15) is 0 Å². The van der Waals surface area contributed by atoms with Gasteiger partial charge in [-0.3, -0.25) is 0 Å². The Kier molecular flexibility index (Phi) is 7.96. The Hall–Kier alpha value is -0.120. The van der Waals surface area contributed by atoms with Gasteiger partial charge in [0, 0.05) is 32.2 Å². The van der Waals surface area contributed by atoms with Crippen LogP contribution in [0.2, 0.25) is 0 Å². The first-order valence-electron chi connectivity index (χ1n) is 8.07. The largest absolute Gasteiger partial charge is 0.313 e. The van der Waals surface area contributed by atoms with Crippen molar-refractivity contribution >= 4 is 0 Å². The molecule has 0 saturated carbocycles.